The number of rotatable bonds is 6. The molecule has 25 heavy (non-hydrogen) atoms. The highest BCUT2D eigenvalue weighted by Gasteiger charge is 2.44. The lowest BCUT2D eigenvalue weighted by molar-refractivity contribution is -0.940. The van der Waals surface area contributed by atoms with E-state index in [1.807, 2.05) is 32.0 Å². The van der Waals surface area contributed by atoms with E-state index in [0.29, 0.717) is 11.0 Å². The van der Waals surface area contributed by atoms with Crippen molar-refractivity contribution in [1.82, 2.24) is 5.32 Å². The van der Waals surface area contributed by atoms with Gasteiger partial charge in [-0.2, -0.15) is 0 Å². The van der Waals surface area contributed by atoms with Crippen LogP contribution < -0.4 is 10.6 Å². The fourth-order valence-electron chi connectivity index (χ4n) is 4.14. The zero-order valence-corrected chi connectivity index (χ0v) is 16.0. The van der Waals surface area contributed by atoms with Crippen LogP contribution in [0.25, 0.3) is 0 Å². The van der Waals surface area contributed by atoms with Gasteiger partial charge >= 0.3 is 0 Å². The highest BCUT2D eigenvalue weighted by atomic mass is 16.2. The predicted molar refractivity (Wildman–Crippen MR) is 101 cm³/mol. The van der Waals surface area contributed by atoms with Crippen molar-refractivity contribution in [3.05, 3.63) is 29.3 Å². The molecule has 0 bridgehead atoms. The van der Waals surface area contributed by atoms with Crippen molar-refractivity contribution < 1.29 is 14.1 Å². The zero-order valence-electron chi connectivity index (χ0n) is 16.0. The van der Waals surface area contributed by atoms with E-state index in [1.165, 1.54) is 0 Å². The molecule has 2 rings (SSSR count). The first kappa shape index (κ1) is 19.4. The third-order valence-corrected chi connectivity index (χ3v) is 5.43. The molecule has 1 heterocycles. The molecular weight excluding hydrogens is 314 g/mol. The van der Waals surface area contributed by atoms with Gasteiger partial charge in [0.25, 0.3) is 11.8 Å². The van der Waals surface area contributed by atoms with Gasteiger partial charge in [-0.15, -0.1) is 0 Å². The van der Waals surface area contributed by atoms with Crippen LogP contribution in [-0.4, -0.2) is 49.0 Å². The summed E-state index contributed by atoms with van der Waals surface area (Å²) in [5, 5.41) is 5.90. The summed E-state index contributed by atoms with van der Waals surface area (Å²) >= 11 is 0. The summed E-state index contributed by atoms with van der Waals surface area (Å²) in [4.78, 5) is 25.3. The van der Waals surface area contributed by atoms with E-state index in [-0.39, 0.29) is 17.9 Å². The lowest BCUT2D eigenvalue weighted by Crippen LogP contribution is -2.65. The topological polar surface area (TPSA) is 58.2 Å². The molecule has 1 aromatic carbocycles. The zero-order chi connectivity index (χ0) is 18.4. The summed E-state index contributed by atoms with van der Waals surface area (Å²) in [7, 11) is 1.67. The van der Waals surface area contributed by atoms with Gasteiger partial charge in [-0.05, 0) is 44.2 Å². The van der Waals surface area contributed by atoms with Crippen LogP contribution in [0.5, 0.6) is 0 Å². The standard InChI is InChI=1S/C20H31N3O2/c1-5-12-23(14-18(24)21-4)13-7-6-11-17(23)20(25)22-19-15(2)9-8-10-16(19)3/h8-10,17H,5-7,11-14H2,1-4H3,(H-,21,22,24,25)/p+1/t17-,23+/m0/s1. The monoisotopic (exact) mass is 346 g/mol. The molecule has 0 aromatic heterocycles. The first-order valence-corrected chi connectivity index (χ1v) is 9.37. The Morgan fingerprint density at radius 2 is 1.88 bits per heavy atom. The molecule has 1 fully saturated rings. The summed E-state index contributed by atoms with van der Waals surface area (Å²) < 4.78 is 0.576. The van der Waals surface area contributed by atoms with Crippen LogP contribution in [0.1, 0.15) is 43.7 Å². The molecule has 5 heteroatoms. The Morgan fingerprint density at radius 3 is 2.48 bits per heavy atom. The van der Waals surface area contributed by atoms with Crippen LogP contribution in [0.4, 0.5) is 5.69 Å². The first-order valence-electron chi connectivity index (χ1n) is 9.37. The maximum absolute atomic E-state index is 13.2. The molecule has 0 spiro atoms. The van der Waals surface area contributed by atoms with Crippen molar-refractivity contribution in [1.29, 1.82) is 0 Å². The van der Waals surface area contributed by atoms with Crippen LogP contribution in [0.15, 0.2) is 18.2 Å². The number of likely N-dealkylation sites (tertiary alicyclic amines) is 1. The molecule has 1 aliphatic heterocycles. The average molecular weight is 346 g/mol. The summed E-state index contributed by atoms with van der Waals surface area (Å²) in [6.07, 6.45) is 3.92. The van der Waals surface area contributed by atoms with E-state index >= 15 is 0 Å². The summed E-state index contributed by atoms with van der Waals surface area (Å²) in [5.41, 5.74) is 3.06. The SMILES string of the molecule is CCC[N@+]1(CC(=O)NC)CCCC[C@H]1C(=O)Nc1c(C)cccc1C. The van der Waals surface area contributed by atoms with Gasteiger partial charge < -0.3 is 15.1 Å². The van der Waals surface area contributed by atoms with Crippen LogP contribution >= 0.6 is 0 Å². The molecule has 1 saturated heterocycles. The van der Waals surface area contributed by atoms with Gasteiger partial charge in [-0.1, -0.05) is 25.1 Å². The number of piperidine rings is 1. The largest absolute Gasteiger partial charge is 0.354 e. The molecule has 2 atom stereocenters. The number of nitrogens with one attached hydrogen (secondary N) is 2. The van der Waals surface area contributed by atoms with Crippen LogP contribution in [0.3, 0.4) is 0 Å². The number of carbonyl (C=O) groups excluding carboxylic acids is 2. The van der Waals surface area contributed by atoms with E-state index in [0.717, 1.165) is 55.6 Å². The number of para-hydroxylation sites is 1. The lowest BCUT2D eigenvalue weighted by Gasteiger charge is -2.46. The highest BCUT2D eigenvalue weighted by molar-refractivity contribution is 5.95. The molecule has 1 aromatic rings. The van der Waals surface area contributed by atoms with E-state index in [1.54, 1.807) is 7.05 Å². The Kier molecular flexibility index (Phi) is 6.59. The van der Waals surface area contributed by atoms with Gasteiger partial charge in [0, 0.05) is 19.2 Å². The third kappa shape index (κ3) is 4.40. The Morgan fingerprint density at radius 1 is 1.20 bits per heavy atom. The molecule has 1 aliphatic rings. The fourth-order valence-corrected chi connectivity index (χ4v) is 4.14. The van der Waals surface area contributed by atoms with E-state index in [4.69, 9.17) is 0 Å². The highest BCUT2D eigenvalue weighted by Crippen LogP contribution is 2.29. The van der Waals surface area contributed by atoms with Gasteiger partial charge in [0.05, 0.1) is 13.1 Å². The Hall–Kier alpha value is -1.88. The minimum Gasteiger partial charge on any atom is -0.354 e. The van der Waals surface area contributed by atoms with Crippen molar-refractivity contribution in [2.24, 2.45) is 0 Å². The van der Waals surface area contributed by atoms with Crippen LogP contribution in [0, 0.1) is 13.8 Å². The van der Waals surface area contributed by atoms with Gasteiger partial charge in [0.1, 0.15) is 0 Å². The Labute approximate surface area is 151 Å². The van der Waals surface area contributed by atoms with E-state index in [2.05, 4.69) is 17.6 Å². The summed E-state index contributed by atoms with van der Waals surface area (Å²) in [5.74, 6) is 0.0645. The molecule has 2 N–H and O–H groups in total. The normalized spacial score (nSPS) is 23.1. The van der Waals surface area contributed by atoms with Crippen molar-refractivity contribution in [3.8, 4) is 0 Å². The van der Waals surface area contributed by atoms with Gasteiger partial charge in [-0.3, -0.25) is 9.59 Å². The second kappa shape index (κ2) is 8.48. The molecule has 0 radical (unpaired) electrons. The minimum atomic E-state index is -0.162. The second-order valence-electron chi connectivity index (χ2n) is 7.26. The van der Waals surface area contributed by atoms with Crippen molar-refractivity contribution in [2.45, 2.75) is 52.5 Å². The average Bonchev–Trinajstić information content (AvgIpc) is 2.58. The number of hydrogen-bond acceptors (Lipinski definition) is 2. The molecule has 5 nitrogen and oxygen atoms in total. The third-order valence-electron chi connectivity index (χ3n) is 5.43. The maximum Gasteiger partial charge on any atom is 0.282 e. The van der Waals surface area contributed by atoms with Crippen molar-refractivity contribution in [2.75, 3.05) is 32.0 Å². The molecule has 0 saturated carbocycles. The molecule has 2 amide bonds. The molecule has 0 unspecified atom stereocenters. The van der Waals surface area contributed by atoms with Gasteiger partial charge in [0.15, 0.2) is 12.6 Å². The van der Waals surface area contributed by atoms with Crippen LogP contribution in [-0.2, 0) is 9.59 Å². The minimum absolute atomic E-state index is 0.0141. The van der Waals surface area contributed by atoms with E-state index in [9.17, 15) is 9.59 Å². The van der Waals surface area contributed by atoms with E-state index < -0.39 is 0 Å². The number of likely N-dealkylation sites (N-methyl/N-ethyl adjacent to an activating group) is 1. The maximum atomic E-state index is 13.2. The number of hydrogen-bond donors (Lipinski definition) is 2. The predicted octanol–water partition coefficient (Wildman–Crippen LogP) is 2.77. The van der Waals surface area contributed by atoms with Gasteiger partial charge in [0.2, 0.25) is 0 Å². The fraction of sp³-hybridized carbons (Fsp3) is 0.600. The summed E-state index contributed by atoms with van der Waals surface area (Å²) in [6, 6.07) is 5.87. The molecule has 0 aliphatic carbocycles. The van der Waals surface area contributed by atoms with Crippen molar-refractivity contribution >= 4 is 17.5 Å². The quantitative estimate of drug-likeness (QED) is 0.778. The lowest BCUT2D eigenvalue weighted by atomic mass is 9.96. The number of aryl methyl sites for hydroxylation is 2. The number of carbonyl (C=O) groups is 2. The smallest absolute Gasteiger partial charge is 0.282 e. The second-order valence-corrected chi connectivity index (χ2v) is 7.26. The van der Waals surface area contributed by atoms with Crippen LogP contribution in [0.2, 0.25) is 0 Å². The van der Waals surface area contributed by atoms with Gasteiger partial charge in [-0.25, -0.2) is 0 Å². The number of nitrogens with zero attached hydrogens (tertiary/aromatic N) is 1. The molecule has 138 valence electrons. The first-order chi connectivity index (χ1) is 11.9. The number of quaternary nitrogens is 1. The summed E-state index contributed by atoms with van der Waals surface area (Å²) in [6.45, 7) is 8.29. The van der Waals surface area contributed by atoms with Crippen molar-refractivity contribution in [3.63, 3.8) is 0 Å². The number of anilines is 1. The Bertz CT molecular complexity index is 605. The number of benzene rings is 1. The Balaban J connectivity index is 2.28. The number of amides is 2. The molecular formula is C20H32N3O2+.